The predicted octanol–water partition coefficient (Wildman–Crippen LogP) is 2.65. The molecule has 0 aliphatic heterocycles. The first-order valence-electron chi connectivity index (χ1n) is 5.76. The molecule has 0 aliphatic rings. The summed E-state index contributed by atoms with van der Waals surface area (Å²) in [6.45, 7) is 0.250. The van der Waals surface area contributed by atoms with Crippen molar-refractivity contribution in [3.8, 4) is 0 Å². The second-order valence-corrected chi connectivity index (χ2v) is 6.25. The minimum atomic E-state index is -3.67. The number of hydrogen-bond donors (Lipinski definition) is 0. The summed E-state index contributed by atoms with van der Waals surface area (Å²) >= 11 is 0. The molecule has 2 aromatic carbocycles. The van der Waals surface area contributed by atoms with Gasteiger partial charge in [0, 0.05) is 13.6 Å². The second kappa shape index (κ2) is 5.50. The maximum Gasteiger partial charge on any atom is 0.243 e. The van der Waals surface area contributed by atoms with E-state index >= 15 is 0 Å². The molecule has 0 saturated carbocycles. The molecule has 0 bridgehead atoms. The molecule has 0 N–H and O–H groups in total. The highest BCUT2D eigenvalue weighted by Crippen LogP contribution is 2.17. The number of hydrogen-bond acceptors (Lipinski definition) is 2. The SMILES string of the molecule is CN(Cc1ccccc1)S(=O)(=O)c1cccc(F)c1. The van der Waals surface area contributed by atoms with Crippen molar-refractivity contribution >= 4 is 10.0 Å². The van der Waals surface area contributed by atoms with Crippen molar-refractivity contribution in [2.24, 2.45) is 0 Å². The van der Waals surface area contributed by atoms with Crippen molar-refractivity contribution in [3.05, 3.63) is 66.0 Å². The summed E-state index contributed by atoms with van der Waals surface area (Å²) in [4.78, 5) is -0.0362. The van der Waals surface area contributed by atoms with E-state index in [0.29, 0.717) is 0 Å². The summed E-state index contributed by atoms with van der Waals surface area (Å²) in [5, 5.41) is 0. The van der Waals surface area contributed by atoms with E-state index in [9.17, 15) is 12.8 Å². The van der Waals surface area contributed by atoms with Gasteiger partial charge in [-0.25, -0.2) is 12.8 Å². The van der Waals surface area contributed by atoms with Crippen LogP contribution in [0.1, 0.15) is 5.56 Å². The Labute approximate surface area is 112 Å². The van der Waals surface area contributed by atoms with Crippen LogP contribution < -0.4 is 0 Å². The quantitative estimate of drug-likeness (QED) is 0.863. The van der Waals surface area contributed by atoms with E-state index in [2.05, 4.69) is 0 Å². The topological polar surface area (TPSA) is 37.4 Å². The van der Waals surface area contributed by atoms with Crippen LogP contribution in [0.15, 0.2) is 59.5 Å². The van der Waals surface area contributed by atoms with Crippen molar-refractivity contribution in [2.75, 3.05) is 7.05 Å². The average Bonchev–Trinajstić information content (AvgIpc) is 2.40. The third kappa shape index (κ3) is 3.19. The number of halogens is 1. The monoisotopic (exact) mass is 279 g/mol. The Bertz CT molecular complexity index is 656. The van der Waals surface area contributed by atoms with E-state index in [-0.39, 0.29) is 11.4 Å². The van der Waals surface area contributed by atoms with Gasteiger partial charge in [0.25, 0.3) is 0 Å². The van der Waals surface area contributed by atoms with Crippen molar-refractivity contribution in [1.29, 1.82) is 0 Å². The lowest BCUT2D eigenvalue weighted by Gasteiger charge is -2.17. The minimum absolute atomic E-state index is 0.0362. The van der Waals surface area contributed by atoms with Gasteiger partial charge in [0.05, 0.1) is 4.90 Å². The Morgan fingerprint density at radius 3 is 2.37 bits per heavy atom. The predicted molar refractivity (Wildman–Crippen MR) is 71.5 cm³/mol. The van der Waals surface area contributed by atoms with Crippen molar-refractivity contribution in [3.63, 3.8) is 0 Å². The zero-order valence-electron chi connectivity index (χ0n) is 10.5. The summed E-state index contributed by atoms with van der Waals surface area (Å²) < 4.78 is 38.8. The van der Waals surface area contributed by atoms with Crippen LogP contribution in [0.3, 0.4) is 0 Å². The molecule has 100 valence electrons. The largest absolute Gasteiger partial charge is 0.243 e. The van der Waals surface area contributed by atoms with E-state index in [1.54, 1.807) is 0 Å². The van der Waals surface area contributed by atoms with Crippen molar-refractivity contribution < 1.29 is 12.8 Å². The fourth-order valence-electron chi connectivity index (χ4n) is 1.73. The van der Waals surface area contributed by atoms with Crippen LogP contribution in [0.4, 0.5) is 4.39 Å². The molecule has 0 spiro atoms. The zero-order chi connectivity index (χ0) is 13.9. The highest BCUT2D eigenvalue weighted by Gasteiger charge is 2.21. The molecule has 0 radical (unpaired) electrons. The number of benzene rings is 2. The molecule has 0 atom stereocenters. The number of nitrogens with zero attached hydrogens (tertiary/aromatic N) is 1. The lowest BCUT2D eigenvalue weighted by atomic mass is 10.2. The Kier molecular flexibility index (Phi) is 3.97. The number of sulfonamides is 1. The standard InChI is InChI=1S/C14H14FNO2S/c1-16(11-12-6-3-2-4-7-12)19(17,18)14-9-5-8-13(15)10-14/h2-10H,11H2,1H3. The molecule has 0 aliphatic carbocycles. The molecule has 2 rings (SSSR count). The van der Waals surface area contributed by atoms with Crippen LogP contribution in [0.2, 0.25) is 0 Å². The Morgan fingerprint density at radius 2 is 1.74 bits per heavy atom. The van der Waals surface area contributed by atoms with Gasteiger partial charge in [0.2, 0.25) is 10.0 Å². The molecular weight excluding hydrogens is 265 g/mol. The van der Waals surface area contributed by atoms with E-state index in [1.807, 2.05) is 30.3 Å². The molecular formula is C14H14FNO2S. The van der Waals surface area contributed by atoms with Crippen LogP contribution in [0.5, 0.6) is 0 Å². The maximum atomic E-state index is 13.1. The first-order valence-corrected chi connectivity index (χ1v) is 7.20. The first kappa shape index (κ1) is 13.7. The summed E-state index contributed by atoms with van der Waals surface area (Å²) in [5.74, 6) is -0.561. The van der Waals surface area contributed by atoms with Gasteiger partial charge in [-0.05, 0) is 23.8 Å². The van der Waals surface area contributed by atoms with Crippen LogP contribution in [0.25, 0.3) is 0 Å². The summed E-state index contributed by atoms with van der Waals surface area (Å²) in [6.07, 6.45) is 0. The van der Waals surface area contributed by atoms with Crippen LogP contribution in [-0.2, 0) is 16.6 Å². The van der Waals surface area contributed by atoms with E-state index in [1.165, 1.54) is 29.6 Å². The van der Waals surface area contributed by atoms with Gasteiger partial charge in [0.15, 0.2) is 0 Å². The van der Waals surface area contributed by atoms with Gasteiger partial charge in [-0.2, -0.15) is 4.31 Å². The summed E-state index contributed by atoms with van der Waals surface area (Å²) in [6, 6.07) is 14.3. The fourth-order valence-corrected chi connectivity index (χ4v) is 2.92. The molecule has 0 fully saturated rings. The Hall–Kier alpha value is -1.72. The fraction of sp³-hybridized carbons (Fsp3) is 0.143. The third-order valence-electron chi connectivity index (χ3n) is 2.75. The zero-order valence-corrected chi connectivity index (χ0v) is 11.3. The van der Waals surface area contributed by atoms with E-state index in [0.717, 1.165) is 11.6 Å². The normalized spacial score (nSPS) is 11.7. The molecule has 2 aromatic rings. The highest BCUT2D eigenvalue weighted by atomic mass is 32.2. The molecule has 0 saturated heterocycles. The van der Waals surface area contributed by atoms with Crippen LogP contribution in [0, 0.1) is 5.82 Å². The highest BCUT2D eigenvalue weighted by molar-refractivity contribution is 7.89. The smallest absolute Gasteiger partial charge is 0.207 e. The Morgan fingerprint density at radius 1 is 1.05 bits per heavy atom. The summed E-state index contributed by atoms with van der Waals surface area (Å²) in [7, 11) is -2.19. The van der Waals surface area contributed by atoms with Crippen molar-refractivity contribution in [2.45, 2.75) is 11.4 Å². The van der Waals surface area contributed by atoms with Crippen LogP contribution >= 0.6 is 0 Å². The molecule has 0 heterocycles. The van der Waals surface area contributed by atoms with Gasteiger partial charge in [-0.15, -0.1) is 0 Å². The lowest BCUT2D eigenvalue weighted by molar-refractivity contribution is 0.466. The van der Waals surface area contributed by atoms with E-state index < -0.39 is 15.8 Å². The molecule has 5 heteroatoms. The van der Waals surface area contributed by atoms with Gasteiger partial charge >= 0.3 is 0 Å². The maximum absolute atomic E-state index is 13.1. The average molecular weight is 279 g/mol. The molecule has 3 nitrogen and oxygen atoms in total. The van der Waals surface area contributed by atoms with E-state index in [4.69, 9.17) is 0 Å². The lowest BCUT2D eigenvalue weighted by Crippen LogP contribution is -2.26. The summed E-state index contributed by atoms with van der Waals surface area (Å²) in [5.41, 5.74) is 0.880. The molecule has 0 amide bonds. The van der Waals surface area contributed by atoms with Gasteiger partial charge in [0.1, 0.15) is 5.82 Å². The van der Waals surface area contributed by atoms with Crippen LogP contribution in [-0.4, -0.2) is 19.8 Å². The van der Waals surface area contributed by atoms with Gasteiger partial charge < -0.3 is 0 Å². The second-order valence-electron chi connectivity index (χ2n) is 4.20. The number of rotatable bonds is 4. The molecule has 19 heavy (non-hydrogen) atoms. The minimum Gasteiger partial charge on any atom is -0.207 e. The molecule has 0 aromatic heterocycles. The molecule has 0 unspecified atom stereocenters. The van der Waals surface area contributed by atoms with Crippen molar-refractivity contribution in [1.82, 2.24) is 4.31 Å². The third-order valence-corrected chi connectivity index (χ3v) is 4.55. The van der Waals surface area contributed by atoms with Gasteiger partial charge in [-0.3, -0.25) is 0 Å². The Balaban J connectivity index is 2.25. The first-order chi connectivity index (χ1) is 9.00. The van der Waals surface area contributed by atoms with Gasteiger partial charge in [-0.1, -0.05) is 36.4 Å².